The minimum Gasteiger partial charge on any atom is -0.507 e. The van der Waals surface area contributed by atoms with E-state index in [2.05, 4.69) is 0 Å². The molecule has 2 rings (SSSR count). The van der Waals surface area contributed by atoms with Crippen molar-refractivity contribution in [3.8, 4) is 17.2 Å². The van der Waals surface area contributed by atoms with Gasteiger partial charge in [-0.3, -0.25) is 0 Å². The van der Waals surface area contributed by atoms with Crippen LogP contribution in [0.15, 0.2) is 21.3 Å². The number of aliphatic hydroxyl groups is 1. The molecule has 1 atom stereocenters. The van der Waals surface area contributed by atoms with E-state index < -0.39 is 11.0 Å². The van der Waals surface area contributed by atoms with Crippen molar-refractivity contribution in [3.63, 3.8) is 0 Å². The molecule has 0 fully saturated rings. The third-order valence-corrected chi connectivity index (χ3v) is 3.15. The highest BCUT2D eigenvalue weighted by Crippen LogP contribution is 2.38. The number of phenols is 2. The highest BCUT2D eigenvalue weighted by atomic mass is 35.5. The van der Waals surface area contributed by atoms with Crippen LogP contribution in [0.4, 0.5) is 0 Å². The lowest BCUT2D eigenvalue weighted by Crippen LogP contribution is -2.11. The quantitative estimate of drug-likeness (QED) is 0.582. The van der Waals surface area contributed by atoms with Crippen LogP contribution >= 0.6 is 11.6 Å². The molecule has 0 aliphatic carbocycles. The van der Waals surface area contributed by atoms with E-state index in [1.807, 2.05) is 0 Å². The number of aromatic hydroxyl groups is 2. The van der Waals surface area contributed by atoms with Gasteiger partial charge in [-0.1, -0.05) is 0 Å². The highest BCUT2D eigenvalue weighted by Gasteiger charge is 2.18. The summed E-state index contributed by atoms with van der Waals surface area (Å²) in [6.45, 7) is -0.279. The van der Waals surface area contributed by atoms with Crippen LogP contribution < -0.4 is 10.4 Å². The predicted molar refractivity (Wildman–Crippen MR) is 72.8 cm³/mol. The van der Waals surface area contributed by atoms with Crippen LogP contribution in [0.5, 0.6) is 17.2 Å². The summed E-state index contributed by atoms with van der Waals surface area (Å²) in [4.78, 5) is 11.9. The average molecular weight is 301 g/mol. The summed E-state index contributed by atoms with van der Waals surface area (Å²) in [6.07, 6.45) is 0.112. The topological polar surface area (TPSA) is 100 Å². The fraction of sp³-hybridized carbons (Fsp3) is 0.308. The first-order chi connectivity index (χ1) is 9.47. The Bertz CT molecular complexity index is 693. The van der Waals surface area contributed by atoms with E-state index in [1.54, 1.807) is 0 Å². The van der Waals surface area contributed by atoms with Crippen LogP contribution in [0.2, 0.25) is 0 Å². The standard InChI is InChI=1S/C13H13ClO6/c1-19-10-4-9(16)11-8(12(10)17)3-7(20-13(11)18)2-6(14)5-15/h3-4,6,15-17H,2,5H2,1H3/t6-/m1/s1. The number of aliphatic hydroxyl groups excluding tert-OH is 1. The van der Waals surface area contributed by atoms with Crippen LogP contribution in [0.1, 0.15) is 5.76 Å². The molecule has 0 bridgehead atoms. The number of fused-ring (bicyclic) bond motifs is 1. The minimum absolute atomic E-state index is 0.0381. The lowest BCUT2D eigenvalue weighted by molar-refractivity contribution is 0.286. The Morgan fingerprint density at radius 1 is 1.40 bits per heavy atom. The molecule has 0 amide bonds. The summed E-state index contributed by atoms with van der Waals surface area (Å²) in [5, 5.41) is 28.1. The Balaban J connectivity index is 2.69. The summed E-state index contributed by atoms with van der Waals surface area (Å²) >= 11 is 5.78. The first-order valence-electron chi connectivity index (χ1n) is 5.78. The molecule has 0 saturated carbocycles. The summed E-state index contributed by atoms with van der Waals surface area (Å²) in [5.74, 6) is -0.389. The molecule has 0 radical (unpaired) electrons. The number of halogens is 1. The molecule has 0 aliphatic heterocycles. The van der Waals surface area contributed by atoms with Crippen molar-refractivity contribution in [2.75, 3.05) is 13.7 Å². The normalized spacial score (nSPS) is 12.6. The maximum absolute atomic E-state index is 11.9. The van der Waals surface area contributed by atoms with E-state index in [4.69, 9.17) is 25.9 Å². The zero-order valence-corrected chi connectivity index (χ0v) is 11.3. The second-order valence-electron chi connectivity index (χ2n) is 4.22. The molecule has 0 spiro atoms. The first kappa shape index (κ1) is 14.5. The maximum atomic E-state index is 11.9. The number of ether oxygens (including phenoxy) is 1. The van der Waals surface area contributed by atoms with Gasteiger partial charge in [0.15, 0.2) is 11.5 Å². The monoisotopic (exact) mass is 300 g/mol. The van der Waals surface area contributed by atoms with Crippen LogP contribution in [-0.2, 0) is 6.42 Å². The van der Waals surface area contributed by atoms with Crippen molar-refractivity contribution in [2.45, 2.75) is 11.8 Å². The van der Waals surface area contributed by atoms with Gasteiger partial charge >= 0.3 is 5.63 Å². The van der Waals surface area contributed by atoms with Gasteiger partial charge in [-0.15, -0.1) is 11.6 Å². The van der Waals surface area contributed by atoms with Gasteiger partial charge in [0.2, 0.25) is 0 Å². The zero-order chi connectivity index (χ0) is 14.9. The molecule has 7 heteroatoms. The number of methoxy groups -OCH3 is 1. The summed E-state index contributed by atoms with van der Waals surface area (Å²) in [6, 6.07) is 2.52. The number of alkyl halides is 1. The van der Waals surface area contributed by atoms with Crippen LogP contribution in [0.25, 0.3) is 10.8 Å². The van der Waals surface area contributed by atoms with E-state index >= 15 is 0 Å². The largest absolute Gasteiger partial charge is 0.507 e. The van der Waals surface area contributed by atoms with Gasteiger partial charge in [0.05, 0.1) is 19.1 Å². The highest BCUT2D eigenvalue weighted by molar-refractivity contribution is 6.20. The van der Waals surface area contributed by atoms with Crippen molar-refractivity contribution < 1.29 is 24.5 Å². The van der Waals surface area contributed by atoms with E-state index in [-0.39, 0.29) is 46.8 Å². The molecule has 3 N–H and O–H groups in total. The second kappa shape index (κ2) is 5.60. The first-order valence-corrected chi connectivity index (χ1v) is 6.22. The van der Waals surface area contributed by atoms with Crippen LogP contribution in [-0.4, -0.2) is 34.4 Å². The molecule has 0 saturated heterocycles. The Morgan fingerprint density at radius 3 is 2.70 bits per heavy atom. The molecule has 20 heavy (non-hydrogen) atoms. The zero-order valence-electron chi connectivity index (χ0n) is 10.6. The number of rotatable bonds is 4. The average Bonchev–Trinajstić information content (AvgIpc) is 2.41. The molecule has 0 aliphatic rings. The molecular weight excluding hydrogens is 288 g/mol. The number of hydrogen-bond acceptors (Lipinski definition) is 6. The smallest absolute Gasteiger partial charge is 0.347 e. The molecular formula is C13H13ClO6. The number of phenolic OH excluding ortho intramolecular Hbond substituents is 2. The predicted octanol–water partition coefficient (Wildman–Crippen LogP) is 1.35. The summed E-state index contributed by atoms with van der Waals surface area (Å²) < 4.78 is 9.92. The van der Waals surface area contributed by atoms with Crippen molar-refractivity contribution in [2.24, 2.45) is 0 Å². The number of hydrogen-bond donors (Lipinski definition) is 3. The third-order valence-electron chi connectivity index (χ3n) is 2.86. The van der Waals surface area contributed by atoms with Crippen LogP contribution in [0, 0.1) is 0 Å². The van der Waals surface area contributed by atoms with Crippen molar-refractivity contribution in [1.29, 1.82) is 0 Å². The van der Waals surface area contributed by atoms with Crippen LogP contribution in [0.3, 0.4) is 0 Å². The Morgan fingerprint density at radius 2 is 2.10 bits per heavy atom. The maximum Gasteiger partial charge on any atom is 0.347 e. The minimum atomic E-state index is -0.797. The summed E-state index contributed by atoms with van der Waals surface area (Å²) in [5.41, 5.74) is -0.797. The lowest BCUT2D eigenvalue weighted by Gasteiger charge is -2.10. The summed E-state index contributed by atoms with van der Waals surface area (Å²) in [7, 11) is 1.33. The van der Waals surface area contributed by atoms with E-state index in [1.165, 1.54) is 13.2 Å². The molecule has 0 unspecified atom stereocenters. The van der Waals surface area contributed by atoms with E-state index in [0.717, 1.165) is 6.07 Å². The molecule has 1 aromatic heterocycles. The van der Waals surface area contributed by atoms with Crippen molar-refractivity contribution in [3.05, 3.63) is 28.3 Å². The van der Waals surface area contributed by atoms with E-state index in [9.17, 15) is 15.0 Å². The fourth-order valence-electron chi connectivity index (χ4n) is 1.91. The Hall–Kier alpha value is -1.92. The lowest BCUT2D eigenvalue weighted by atomic mass is 10.1. The third kappa shape index (κ3) is 2.52. The second-order valence-corrected chi connectivity index (χ2v) is 4.84. The SMILES string of the molecule is COc1cc(O)c2c(=O)oc(C[C@@H](Cl)CO)cc2c1O. The van der Waals surface area contributed by atoms with Crippen molar-refractivity contribution >= 4 is 22.4 Å². The molecule has 6 nitrogen and oxygen atoms in total. The van der Waals surface area contributed by atoms with Gasteiger partial charge in [-0.2, -0.15) is 0 Å². The molecule has 1 heterocycles. The number of benzene rings is 1. The van der Waals surface area contributed by atoms with Gasteiger partial charge in [0.1, 0.15) is 16.9 Å². The van der Waals surface area contributed by atoms with Gasteiger partial charge in [-0.05, 0) is 6.07 Å². The molecule has 2 aromatic rings. The van der Waals surface area contributed by atoms with Gasteiger partial charge in [0, 0.05) is 17.9 Å². The fourth-order valence-corrected chi connectivity index (χ4v) is 2.06. The van der Waals surface area contributed by atoms with Gasteiger partial charge in [0.25, 0.3) is 0 Å². The Labute approximate surface area is 118 Å². The Kier molecular flexibility index (Phi) is 4.06. The van der Waals surface area contributed by atoms with Crippen molar-refractivity contribution in [1.82, 2.24) is 0 Å². The molecule has 108 valence electrons. The molecule has 1 aromatic carbocycles. The van der Waals surface area contributed by atoms with E-state index in [0.29, 0.717) is 0 Å². The van der Waals surface area contributed by atoms with Gasteiger partial charge in [-0.25, -0.2) is 4.79 Å². The van der Waals surface area contributed by atoms with Gasteiger partial charge < -0.3 is 24.5 Å².